The van der Waals surface area contributed by atoms with E-state index in [0.717, 1.165) is 17.2 Å². The zero-order valence-electron chi connectivity index (χ0n) is 17.1. The second-order valence-electron chi connectivity index (χ2n) is 7.23. The summed E-state index contributed by atoms with van der Waals surface area (Å²) in [4.78, 5) is 12.6. The Morgan fingerprint density at radius 2 is 1.16 bits per heavy atom. The van der Waals surface area contributed by atoms with Crippen LogP contribution in [0.2, 0.25) is 0 Å². The maximum Gasteiger partial charge on any atom is 0.279 e. The Labute approximate surface area is 182 Å². The van der Waals surface area contributed by atoms with Gasteiger partial charge in [0.05, 0.1) is 0 Å². The summed E-state index contributed by atoms with van der Waals surface area (Å²) in [7, 11) is 0. The highest BCUT2D eigenvalue weighted by Crippen LogP contribution is 2.22. The standard InChI is InChI=1S/C27H24N2O2/c30-26(29-23-16-18-25(19-17-23)31-24-14-8-3-9-15-24)20-28-27(21-10-4-1-5-11-21)22-12-6-2-7-13-22/h1-19,27-28H,20H2,(H,29,30)/p+1. The number of rotatable bonds is 8. The van der Waals surface area contributed by atoms with Gasteiger partial charge in [0.2, 0.25) is 0 Å². The van der Waals surface area contributed by atoms with E-state index in [9.17, 15) is 4.79 Å². The average Bonchev–Trinajstić information content (AvgIpc) is 2.83. The summed E-state index contributed by atoms with van der Waals surface area (Å²) in [5.74, 6) is 1.46. The maximum absolute atomic E-state index is 12.6. The Hall–Kier alpha value is -3.89. The molecule has 154 valence electrons. The van der Waals surface area contributed by atoms with Crippen LogP contribution in [-0.2, 0) is 4.79 Å². The number of carbonyl (C=O) groups excluding carboxylic acids is 1. The zero-order valence-corrected chi connectivity index (χ0v) is 17.1. The second-order valence-corrected chi connectivity index (χ2v) is 7.23. The van der Waals surface area contributed by atoms with Crippen LogP contribution in [0, 0.1) is 0 Å². The van der Waals surface area contributed by atoms with Crippen molar-refractivity contribution in [1.82, 2.24) is 0 Å². The number of hydrogen-bond acceptors (Lipinski definition) is 2. The van der Waals surface area contributed by atoms with Crippen LogP contribution in [0.25, 0.3) is 0 Å². The molecule has 0 spiro atoms. The molecule has 0 saturated heterocycles. The van der Waals surface area contributed by atoms with Gasteiger partial charge in [0.1, 0.15) is 17.5 Å². The van der Waals surface area contributed by atoms with Crippen molar-refractivity contribution >= 4 is 11.6 Å². The van der Waals surface area contributed by atoms with Crippen LogP contribution in [-0.4, -0.2) is 12.5 Å². The third-order valence-electron chi connectivity index (χ3n) is 4.97. The molecule has 0 aromatic heterocycles. The van der Waals surface area contributed by atoms with Crippen LogP contribution in [0.3, 0.4) is 0 Å². The summed E-state index contributed by atoms with van der Waals surface area (Å²) in [6.07, 6.45) is 0. The van der Waals surface area contributed by atoms with Crippen molar-refractivity contribution < 1.29 is 14.8 Å². The van der Waals surface area contributed by atoms with Gasteiger partial charge in [0, 0.05) is 16.8 Å². The third kappa shape index (κ3) is 5.81. The van der Waals surface area contributed by atoms with Gasteiger partial charge in [0.25, 0.3) is 5.91 Å². The fourth-order valence-corrected chi connectivity index (χ4v) is 3.45. The lowest BCUT2D eigenvalue weighted by Gasteiger charge is -2.16. The molecular weight excluding hydrogens is 384 g/mol. The van der Waals surface area contributed by atoms with Gasteiger partial charge in [-0.1, -0.05) is 78.9 Å². The first-order valence-corrected chi connectivity index (χ1v) is 10.3. The van der Waals surface area contributed by atoms with E-state index in [1.54, 1.807) is 0 Å². The number of nitrogens with one attached hydrogen (secondary N) is 1. The van der Waals surface area contributed by atoms with Gasteiger partial charge >= 0.3 is 0 Å². The number of ether oxygens (including phenoxy) is 1. The van der Waals surface area contributed by atoms with Crippen molar-refractivity contribution in [2.75, 3.05) is 11.9 Å². The summed E-state index contributed by atoms with van der Waals surface area (Å²) in [6, 6.07) is 37.6. The molecule has 4 aromatic rings. The highest BCUT2D eigenvalue weighted by Gasteiger charge is 2.18. The molecule has 0 heterocycles. The SMILES string of the molecule is O=C(C[NH2+]C(c1ccccc1)c1ccccc1)Nc1ccc(Oc2ccccc2)cc1. The van der Waals surface area contributed by atoms with Crippen LogP contribution in [0.1, 0.15) is 17.2 Å². The molecule has 4 heteroatoms. The van der Waals surface area contributed by atoms with E-state index in [2.05, 4.69) is 34.9 Å². The number of anilines is 1. The molecule has 1 amide bonds. The fourth-order valence-electron chi connectivity index (χ4n) is 3.45. The molecule has 4 nitrogen and oxygen atoms in total. The summed E-state index contributed by atoms with van der Waals surface area (Å²) in [5.41, 5.74) is 3.09. The first-order chi connectivity index (χ1) is 15.3. The summed E-state index contributed by atoms with van der Waals surface area (Å²) >= 11 is 0. The normalized spacial score (nSPS) is 10.6. The molecule has 0 aliphatic carbocycles. The molecule has 0 fully saturated rings. The maximum atomic E-state index is 12.6. The predicted octanol–water partition coefficient (Wildman–Crippen LogP) is 4.77. The number of quaternary nitrogens is 1. The minimum absolute atomic E-state index is 0.0476. The number of nitrogens with two attached hydrogens (primary N) is 1. The quantitative estimate of drug-likeness (QED) is 0.440. The van der Waals surface area contributed by atoms with Crippen LogP contribution >= 0.6 is 0 Å². The Kier molecular flexibility index (Phi) is 6.73. The van der Waals surface area contributed by atoms with E-state index in [1.165, 1.54) is 11.1 Å². The number of amides is 1. The molecule has 0 bridgehead atoms. The summed E-state index contributed by atoms with van der Waals surface area (Å²) in [6.45, 7) is 0.316. The summed E-state index contributed by atoms with van der Waals surface area (Å²) < 4.78 is 5.80. The van der Waals surface area contributed by atoms with Crippen molar-refractivity contribution in [3.8, 4) is 11.5 Å². The van der Waals surface area contributed by atoms with Crippen LogP contribution in [0.15, 0.2) is 115 Å². The fraction of sp³-hybridized carbons (Fsp3) is 0.0741. The highest BCUT2D eigenvalue weighted by atomic mass is 16.5. The lowest BCUT2D eigenvalue weighted by molar-refractivity contribution is -0.676. The topological polar surface area (TPSA) is 54.9 Å². The Morgan fingerprint density at radius 3 is 1.71 bits per heavy atom. The van der Waals surface area contributed by atoms with Crippen LogP contribution < -0.4 is 15.4 Å². The molecule has 3 N–H and O–H groups in total. The Balaban J connectivity index is 1.36. The van der Waals surface area contributed by atoms with Gasteiger partial charge in [-0.25, -0.2) is 0 Å². The monoisotopic (exact) mass is 409 g/mol. The van der Waals surface area contributed by atoms with Crippen LogP contribution in [0.4, 0.5) is 5.69 Å². The van der Waals surface area contributed by atoms with Crippen molar-refractivity contribution in [3.63, 3.8) is 0 Å². The van der Waals surface area contributed by atoms with E-state index in [0.29, 0.717) is 6.54 Å². The zero-order chi connectivity index (χ0) is 21.3. The van der Waals surface area contributed by atoms with Gasteiger partial charge in [-0.3, -0.25) is 4.79 Å². The van der Waals surface area contributed by atoms with Gasteiger partial charge < -0.3 is 15.4 Å². The first-order valence-electron chi connectivity index (χ1n) is 10.3. The van der Waals surface area contributed by atoms with Gasteiger partial charge in [-0.2, -0.15) is 0 Å². The largest absolute Gasteiger partial charge is 0.457 e. The van der Waals surface area contributed by atoms with Gasteiger partial charge in [0.15, 0.2) is 6.54 Å². The van der Waals surface area contributed by atoms with Crippen LogP contribution in [0.5, 0.6) is 11.5 Å². The number of carbonyl (C=O) groups is 1. The highest BCUT2D eigenvalue weighted by molar-refractivity contribution is 5.91. The Bertz CT molecular complexity index is 1040. The first kappa shape index (κ1) is 20.4. The number of hydrogen-bond donors (Lipinski definition) is 2. The number of para-hydroxylation sites is 1. The molecule has 4 rings (SSSR count). The van der Waals surface area contributed by atoms with Crippen molar-refractivity contribution in [1.29, 1.82) is 0 Å². The molecule has 31 heavy (non-hydrogen) atoms. The van der Waals surface area contributed by atoms with E-state index in [1.807, 2.05) is 91.0 Å². The van der Waals surface area contributed by atoms with E-state index >= 15 is 0 Å². The second kappa shape index (κ2) is 10.2. The van der Waals surface area contributed by atoms with Crippen molar-refractivity contribution in [3.05, 3.63) is 126 Å². The molecule has 0 aliphatic rings. The average molecular weight is 410 g/mol. The van der Waals surface area contributed by atoms with Gasteiger partial charge in [-0.05, 0) is 36.4 Å². The molecule has 0 atom stereocenters. The smallest absolute Gasteiger partial charge is 0.279 e. The lowest BCUT2D eigenvalue weighted by atomic mass is 9.99. The summed E-state index contributed by atoms with van der Waals surface area (Å²) in [5, 5.41) is 5.03. The van der Waals surface area contributed by atoms with E-state index in [-0.39, 0.29) is 11.9 Å². The molecule has 0 aliphatic heterocycles. The van der Waals surface area contributed by atoms with Crippen molar-refractivity contribution in [2.45, 2.75) is 6.04 Å². The molecule has 0 saturated carbocycles. The van der Waals surface area contributed by atoms with Crippen molar-refractivity contribution in [2.24, 2.45) is 0 Å². The predicted molar refractivity (Wildman–Crippen MR) is 123 cm³/mol. The molecule has 4 aromatic carbocycles. The van der Waals surface area contributed by atoms with E-state index in [4.69, 9.17) is 4.74 Å². The lowest BCUT2D eigenvalue weighted by Crippen LogP contribution is -2.87. The third-order valence-corrected chi connectivity index (χ3v) is 4.97. The molecular formula is C27H25N2O2+. The minimum atomic E-state index is -0.0476. The number of benzene rings is 4. The molecule has 0 radical (unpaired) electrons. The Morgan fingerprint density at radius 1 is 0.677 bits per heavy atom. The van der Waals surface area contributed by atoms with Gasteiger partial charge in [-0.15, -0.1) is 0 Å². The minimum Gasteiger partial charge on any atom is -0.457 e. The molecule has 0 unspecified atom stereocenters. The van der Waals surface area contributed by atoms with E-state index < -0.39 is 0 Å².